The van der Waals surface area contributed by atoms with E-state index in [1.807, 2.05) is 0 Å². The van der Waals surface area contributed by atoms with Crippen molar-refractivity contribution in [2.24, 2.45) is 10.8 Å². The normalized spacial score (nSPS) is 23.7. The van der Waals surface area contributed by atoms with Crippen molar-refractivity contribution >= 4 is 0 Å². The molecule has 0 aromatic heterocycles. The first-order valence-corrected chi connectivity index (χ1v) is 15.3. The number of rotatable bonds is 8. The molecule has 0 N–H and O–H groups in total. The maximum Gasteiger partial charge on any atom is 2.00 e. The van der Waals surface area contributed by atoms with Crippen LogP contribution in [0.2, 0.25) is 0 Å². The Kier molecular flexibility index (Phi) is 20.5. The third-order valence-electron chi connectivity index (χ3n) is 7.70. The van der Waals surface area contributed by atoms with Crippen LogP contribution < -0.4 is 24.8 Å². The average molecular weight is 709 g/mol. The first-order valence-electron chi connectivity index (χ1n) is 15.3. The van der Waals surface area contributed by atoms with Gasteiger partial charge in [0.15, 0.2) is 0 Å². The Labute approximate surface area is 312 Å². The van der Waals surface area contributed by atoms with Crippen LogP contribution >= 0.6 is 0 Å². The molecule has 2 unspecified atom stereocenters. The Bertz CT molecular complexity index is 1050. The van der Waals surface area contributed by atoms with Crippen LogP contribution in [0.1, 0.15) is 108 Å². The molecule has 4 aliphatic rings. The first-order chi connectivity index (χ1) is 18.7. The van der Waals surface area contributed by atoms with Gasteiger partial charge in [0.25, 0.3) is 0 Å². The van der Waals surface area contributed by atoms with Crippen molar-refractivity contribution in [1.82, 2.24) is 0 Å². The van der Waals surface area contributed by atoms with Crippen LogP contribution in [0, 0.1) is 23.0 Å². The third-order valence-corrected chi connectivity index (χ3v) is 7.70. The molecule has 4 aliphatic carbocycles. The molecule has 0 heterocycles. The number of hydrogen-bond donors (Lipinski definition) is 0. The second-order valence-electron chi connectivity index (χ2n) is 14.2. The van der Waals surface area contributed by atoms with Crippen LogP contribution in [0.15, 0.2) is 83.1 Å². The summed E-state index contributed by atoms with van der Waals surface area (Å²) >= 11 is 0. The molecule has 0 spiro atoms. The molecule has 0 aromatic rings. The maximum atomic E-state index is 6.47. The Morgan fingerprint density at radius 3 is 1.23 bits per heavy atom. The van der Waals surface area contributed by atoms with E-state index in [1.165, 1.54) is 22.3 Å². The molecule has 0 fully saturated rings. The summed E-state index contributed by atoms with van der Waals surface area (Å²) in [4.78, 5) is 0. The number of ether oxygens (including phenoxy) is 2. The predicted molar refractivity (Wildman–Crippen MR) is 171 cm³/mol. The molecule has 0 saturated heterocycles. The van der Waals surface area contributed by atoms with Crippen molar-refractivity contribution in [3.8, 4) is 0 Å². The number of halogens is 2. The van der Waals surface area contributed by atoms with Gasteiger partial charge in [0.2, 0.25) is 0 Å². The number of hydrogen-bond acceptors (Lipinski definition) is 2. The van der Waals surface area contributed by atoms with Gasteiger partial charge in [-0.05, 0) is 75.4 Å². The summed E-state index contributed by atoms with van der Waals surface area (Å²) in [6.07, 6.45) is 35.0. The van der Waals surface area contributed by atoms with E-state index in [9.17, 15) is 0 Å². The minimum atomic E-state index is -0.210. The van der Waals surface area contributed by atoms with Gasteiger partial charge in [-0.25, -0.2) is 23.3 Å². The fraction of sp³-hybridized carbons (Fsp3) is 0.579. The molecule has 0 bridgehead atoms. The molecule has 0 radical (unpaired) electrons. The van der Waals surface area contributed by atoms with Crippen molar-refractivity contribution in [3.05, 3.63) is 95.2 Å². The van der Waals surface area contributed by atoms with Gasteiger partial charge in [-0.1, -0.05) is 78.0 Å². The van der Waals surface area contributed by atoms with Crippen molar-refractivity contribution in [3.63, 3.8) is 0 Å². The quantitative estimate of drug-likeness (QED) is 0.277. The molecule has 0 amide bonds. The molecule has 2 nitrogen and oxygen atoms in total. The summed E-state index contributed by atoms with van der Waals surface area (Å²) in [6.45, 7) is 22.2. The predicted octanol–water partition coefficient (Wildman–Crippen LogP) is 4.33. The molecular weight excluding hydrogens is 655 g/mol. The van der Waals surface area contributed by atoms with Gasteiger partial charge in [0.05, 0.1) is 23.4 Å². The zero-order valence-corrected chi connectivity index (χ0v) is 33.4. The molecule has 4 rings (SSSR count). The summed E-state index contributed by atoms with van der Waals surface area (Å²) in [7, 11) is 0. The van der Waals surface area contributed by atoms with Crippen molar-refractivity contribution in [1.29, 1.82) is 0 Å². The molecule has 0 saturated carbocycles. The summed E-state index contributed by atoms with van der Waals surface area (Å²) in [5.74, 6) is 0. The Balaban J connectivity index is 0. The van der Waals surface area contributed by atoms with E-state index in [1.54, 1.807) is 0 Å². The van der Waals surface area contributed by atoms with Crippen LogP contribution in [-0.4, -0.2) is 23.4 Å². The molecule has 0 aromatic carbocycles. The summed E-state index contributed by atoms with van der Waals surface area (Å²) in [5.41, 5.74) is 5.18. The van der Waals surface area contributed by atoms with Gasteiger partial charge in [0.1, 0.15) is 0 Å². The fourth-order valence-corrected chi connectivity index (χ4v) is 6.54. The van der Waals surface area contributed by atoms with Crippen molar-refractivity contribution in [2.75, 3.05) is 0 Å². The topological polar surface area (TPSA) is 18.5 Å². The Morgan fingerprint density at radius 2 is 0.977 bits per heavy atom. The summed E-state index contributed by atoms with van der Waals surface area (Å²) in [5, 5.41) is 0. The maximum absolute atomic E-state index is 6.47. The van der Waals surface area contributed by atoms with Crippen LogP contribution in [0.5, 0.6) is 0 Å². The Morgan fingerprint density at radius 1 is 0.636 bits per heavy atom. The van der Waals surface area contributed by atoms with Gasteiger partial charge in [-0.15, -0.1) is 12.8 Å². The monoisotopic (exact) mass is 708 g/mol. The van der Waals surface area contributed by atoms with Gasteiger partial charge in [-0.2, -0.15) is 12.2 Å². The summed E-state index contributed by atoms with van der Waals surface area (Å²) in [6, 6.07) is 0. The minimum Gasteiger partial charge on any atom is -1.00 e. The van der Waals surface area contributed by atoms with Crippen molar-refractivity contribution in [2.45, 2.75) is 131 Å². The SMILES string of the molecule is CC(C)OC1(CC2=[C-]CC=C2)CC=CC=C1C(C)(C)C.CC(C)OC1(CC2=[C-]CC=C2)CC=CC=C1C(C)(C)C.[Cl-].[Cl-].[Ti+2].[Ti+2]. The minimum absolute atomic E-state index is 0. The summed E-state index contributed by atoms with van der Waals surface area (Å²) < 4.78 is 12.9. The van der Waals surface area contributed by atoms with Gasteiger partial charge < -0.3 is 34.3 Å². The zero-order valence-electron chi connectivity index (χ0n) is 28.7. The van der Waals surface area contributed by atoms with Crippen LogP contribution in [-0.2, 0) is 52.9 Å². The smallest absolute Gasteiger partial charge is 1.00 e. The van der Waals surface area contributed by atoms with E-state index >= 15 is 0 Å². The third kappa shape index (κ3) is 12.8. The van der Waals surface area contributed by atoms with Crippen LogP contribution in [0.25, 0.3) is 0 Å². The van der Waals surface area contributed by atoms with E-state index in [-0.39, 0.29) is 102 Å². The van der Waals surface area contributed by atoms with Gasteiger partial charge >= 0.3 is 43.4 Å². The standard InChI is InChI=1S/2C19H27O.2ClH.2Ti/c2*1-15(2)20-19(14-16-10-6-7-11-16)13-9-8-12-17(19)18(3,4)5;;;;/h2*6,8-10,12,15H,7,13-14H2,1-5H3;2*1H;;/q2*-1;;;2*+2/p-2. The van der Waals surface area contributed by atoms with E-state index in [2.05, 4.69) is 142 Å². The van der Waals surface area contributed by atoms with Crippen LogP contribution in [0.4, 0.5) is 0 Å². The van der Waals surface area contributed by atoms with Gasteiger partial charge in [-0.3, -0.25) is 12.2 Å². The van der Waals surface area contributed by atoms with E-state index in [0.717, 1.165) is 38.5 Å². The Hall–Kier alpha value is -0.151. The molecular formula is C38H54Cl2O2Ti2. The largest absolute Gasteiger partial charge is 2.00 e. The second-order valence-corrected chi connectivity index (χ2v) is 14.2. The molecule has 2 atom stereocenters. The van der Waals surface area contributed by atoms with E-state index in [0.29, 0.717) is 0 Å². The molecule has 0 aliphatic heterocycles. The first kappa shape index (κ1) is 46.0. The van der Waals surface area contributed by atoms with Gasteiger partial charge in [0, 0.05) is 0 Å². The zero-order chi connectivity index (χ0) is 29.6. The van der Waals surface area contributed by atoms with E-state index < -0.39 is 0 Å². The number of allylic oxidation sites excluding steroid dienone is 10. The fourth-order valence-electron chi connectivity index (χ4n) is 6.54. The van der Waals surface area contributed by atoms with E-state index in [4.69, 9.17) is 9.47 Å². The molecule has 44 heavy (non-hydrogen) atoms. The second kappa shape index (κ2) is 19.6. The van der Waals surface area contributed by atoms with Crippen LogP contribution in [0.3, 0.4) is 0 Å². The van der Waals surface area contributed by atoms with Crippen molar-refractivity contribution < 1.29 is 77.7 Å². The molecule has 6 heteroatoms. The average Bonchev–Trinajstić information content (AvgIpc) is 3.52. The molecule has 240 valence electrons.